The Morgan fingerprint density at radius 3 is 1.95 bits per heavy atom. The Morgan fingerprint density at radius 1 is 0.707 bits per heavy atom. The third-order valence-electron chi connectivity index (χ3n) is 11.6. The summed E-state index contributed by atoms with van der Waals surface area (Å²) in [7, 11) is 3.56. The SMILES string of the molecule is COC(=O)[C@@]1(Oc2cc(O)c3c(=O)cc(-c4ccc(O)cc4)oc3c2-c2cc(-c3cc(=O)c4c(O)cc(OC)cc4o3)ccc2OC)C[C@H](OC(C)=O)[C@@H](NC(C)=O)[C@H]([C@H](OC(C)=O)[C@@H](COC(C)=O)OC(C)=O)O1. The number of aromatic hydroxyl groups is 3. The highest BCUT2D eigenvalue weighted by molar-refractivity contribution is 6.02. The van der Waals surface area contributed by atoms with Gasteiger partial charge in [-0.15, -0.1) is 0 Å². The van der Waals surface area contributed by atoms with Gasteiger partial charge < -0.3 is 72.1 Å². The van der Waals surface area contributed by atoms with Crippen molar-refractivity contribution in [2.24, 2.45) is 0 Å². The van der Waals surface area contributed by atoms with Crippen molar-refractivity contribution in [3.63, 3.8) is 0 Å². The Balaban J connectivity index is 1.56. The molecule has 6 aromatic rings. The third-order valence-corrected chi connectivity index (χ3v) is 11.6. The number of nitrogens with one attached hydrogen (secondary N) is 1. The predicted molar refractivity (Wildman–Crippen MR) is 259 cm³/mol. The molecule has 23 nitrogen and oxygen atoms in total. The van der Waals surface area contributed by atoms with Gasteiger partial charge in [-0.2, -0.15) is 0 Å². The summed E-state index contributed by atoms with van der Waals surface area (Å²) in [5, 5.41) is 34.7. The fraction of sp³-hybridized carbons (Fsp3) is 0.308. The van der Waals surface area contributed by atoms with Gasteiger partial charge in [0.2, 0.25) is 5.91 Å². The summed E-state index contributed by atoms with van der Waals surface area (Å²) in [5.41, 5.74) is -1.90. The summed E-state index contributed by atoms with van der Waals surface area (Å²) in [5.74, 6) is -10.9. The molecule has 4 N–H and O–H groups in total. The van der Waals surface area contributed by atoms with Gasteiger partial charge >= 0.3 is 35.6 Å². The van der Waals surface area contributed by atoms with Crippen molar-refractivity contribution in [1.82, 2.24) is 5.32 Å². The van der Waals surface area contributed by atoms with Crippen molar-refractivity contribution in [1.29, 1.82) is 0 Å². The van der Waals surface area contributed by atoms with E-state index in [0.29, 0.717) is 0 Å². The van der Waals surface area contributed by atoms with E-state index in [0.717, 1.165) is 59.9 Å². The highest BCUT2D eigenvalue weighted by Crippen LogP contribution is 2.49. The topological polar surface area (TPSA) is 319 Å². The van der Waals surface area contributed by atoms with Crippen molar-refractivity contribution in [3.8, 4) is 68.3 Å². The molecule has 75 heavy (non-hydrogen) atoms. The number of ether oxygens (including phenoxy) is 9. The second-order valence-corrected chi connectivity index (χ2v) is 16.9. The molecule has 6 atom stereocenters. The number of fused-ring (bicyclic) bond motifs is 2. The van der Waals surface area contributed by atoms with Crippen LogP contribution in [0.25, 0.3) is 55.7 Å². The molecule has 4 aromatic carbocycles. The van der Waals surface area contributed by atoms with Gasteiger partial charge in [0.05, 0.1) is 39.4 Å². The normalized spacial score (nSPS) is 17.9. The number of amides is 1. The Bertz CT molecular complexity index is 3360. The van der Waals surface area contributed by atoms with Crippen LogP contribution in [-0.4, -0.2) is 115 Å². The van der Waals surface area contributed by atoms with Gasteiger partial charge in [-0.1, -0.05) is 0 Å². The summed E-state index contributed by atoms with van der Waals surface area (Å²) in [6.07, 6.45) is -8.25. The first-order chi connectivity index (χ1) is 35.6. The smallest absolute Gasteiger partial charge is 0.379 e. The summed E-state index contributed by atoms with van der Waals surface area (Å²) < 4.78 is 64.4. The molecule has 1 amide bonds. The molecule has 7 rings (SSSR count). The molecule has 0 spiro atoms. The summed E-state index contributed by atoms with van der Waals surface area (Å²) in [6.45, 7) is 4.28. The number of phenolic OH excluding ortho intramolecular Hbond substituents is 3. The van der Waals surface area contributed by atoms with E-state index in [1.165, 1.54) is 68.8 Å². The van der Waals surface area contributed by atoms with Crippen molar-refractivity contribution in [2.75, 3.05) is 27.9 Å². The molecule has 394 valence electrons. The van der Waals surface area contributed by atoms with Gasteiger partial charge in [0.25, 0.3) is 0 Å². The zero-order valence-corrected chi connectivity index (χ0v) is 41.3. The van der Waals surface area contributed by atoms with Crippen LogP contribution in [0.15, 0.2) is 91.2 Å². The molecule has 1 aliphatic heterocycles. The van der Waals surface area contributed by atoms with Crippen LogP contribution < -0.4 is 30.4 Å². The van der Waals surface area contributed by atoms with Crippen molar-refractivity contribution >= 4 is 57.7 Å². The molecule has 0 saturated carbocycles. The van der Waals surface area contributed by atoms with E-state index in [2.05, 4.69) is 5.32 Å². The number of benzene rings is 4. The van der Waals surface area contributed by atoms with Gasteiger partial charge in [0, 0.05) is 81.6 Å². The van der Waals surface area contributed by atoms with Crippen LogP contribution >= 0.6 is 0 Å². The number of methoxy groups -OCH3 is 3. The van der Waals surface area contributed by atoms with E-state index in [9.17, 15) is 53.7 Å². The first-order valence-corrected chi connectivity index (χ1v) is 22.6. The van der Waals surface area contributed by atoms with Crippen LogP contribution in [0.4, 0.5) is 0 Å². The molecule has 0 radical (unpaired) electrons. The number of hydrogen-bond acceptors (Lipinski definition) is 22. The minimum atomic E-state index is -2.95. The molecule has 1 saturated heterocycles. The molecule has 23 heteroatoms. The number of carbonyl (C=O) groups excluding carboxylic acids is 6. The predicted octanol–water partition coefficient (Wildman–Crippen LogP) is 4.93. The van der Waals surface area contributed by atoms with Crippen LogP contribution in [0, 0.1) is 0 Å². The Labute approximate surface area is 424 Å². The zero-order chi connectivity index (χ0) is 54.6. The van der Waals surface area contributed by atoms with E-state index in [1.54, 1.807) is 0 Å². The molecule has 1 aliphatic rings. The molecule has 0 unspecified atom stereocenters. The van der Waals surface area contributed by atoms with Gasteiger partial charge in [0.15, 0.2) is 28.6 Å². The highest BCUT2D eigenvalue weighted by Gasteiger charge is 2.60. The zero-order valence-electron chi connectivity index (χ0n) is 41.3. The fourth-order valence-corrected chi connectivity index (χ4v) is 8.64. The third kappa shape index (κ3) is 11.4. The summed E-state index contributed by atoms with van der Waals surface area (Å²) in [6, 6.07) is 13.9. The van der Waals surface area contributed by atoms with E-state index in [-0.39, 0.29) is 62.0 Å². The van der Waals surface area contributed by atoms with Crippen molar-refractivity contribution < 1.29 is 95.6 Å². The van der Waals surface area contributed by atoms with Crippen LogP contribution in [-0.2, 0) is 57.2 Å². The maximum atomic E-state index is 14.7. The number of carbonyl (C=O) groups is 6. The maximum absolute atomic E-state index is 14.7. The minimum Gasteiger partial charge on any atom is -0.508 e. The van der Waals surface area contributed by atoms with Crippen LogP contribution in [0.5, 0.6) is 34.5 Å². The standard InChI is InChI=1S/C52H49NO22/c1-23(54)53-47-42(69-25(3)56)21-52(51(64)67-8,75-50(47)48(71-27(5)58)43(70-26(4)57)22-68-24(2)55)74-41-20-36(63)46-35(62)19-38(28-9-12-30(59)13-10-28)73-49(46)44(41)32-15-29(11-14-37(32)66-7)39-18-34(61)45-33(60)16-31(65-6)17-40(45)72-39/h9-20,42-43,47-48,50,59-60,63H,21-22H2,1-8H3,(H,53,54)/t42-,43+,47+,48+,50+,52+/m0/s1. The molecule has 3 heterocycles. The van der Waals surface area contributed by atoms with E-state index < -0.39 is 124 Å². The van der Waals surface area contributed by atoms with Crippen molar-refractivity contribution in [3.05, 3.63) is 93.2 Å². The number of hydrogen-bond donors (Lipinski definition) is 4. The lowest BCUT2D eigenvalue weighted by molar-refractivity contribution is -0.289. The Morgan fingerprint density at radius 2 is 1.35 bits per heavy atom. The Kier molecular flexibility index (Phi) is 15.7. The van der Waals surface area contributed by atoms with Crippen LogP contribution in [0.1, 0.15) is 41.0 Å². The van der Waals surface area contributed by atoms with Gasteiger partial charge in [-0.3, -0.25) is 33.6 Å². The number of rotatable bonds is 16. The second kappa shape index (κ2) is 21.9. The van der Waals surface area contributed by atoms with Gasteiger partial charge in [-0.25, -0.2) is 4.79 Å². The number of esters is 5. The molecular weight excluding hydrogens is 991 g/mol. The quantitative estimate of drug-likeness (QED) is 0.0737. The van der Waals surface area contributed by atoms with Gasteiger partial charge in [0.1, 0.15) is 81.2 Å². The molecule has 0 aliphatic carbocycles. The minimum absolute atomic E-state index is 0.00147. The lowest BCUT2D eigenvalue weighted by Gasteiger charge is -2.48. The van der Waals surface area contributed by atoms with E-state index in [1.807, 2.05) is 0 Å². The molecular formula is C52H49NO22. The summed E-state index contributed by atoms with van der Waals surface area (Å²) in [4.78, 5) is 106. The van der Waals surface area contributed by atoms with E-state index in [4.69, 9.17) is 51.5 Å². The van der Waals surface area contributed by atoms with Gasteiger partial charge in [-0.05, 0) is 42.5 Å². The Hall–Kier alpha value is -9.12. The number of phenols is 3. The summed E-state index contributed by atoms with van der Waals surface area (Å²) >= 11 is 0. The average molecular weight is 1040 g/mol. The second-order valence-electron chi connectivity index (χ2n) is 16.9. The molecule has 1 fully saturated rings. The maximum Gasteiger partial charge on any atom is 0.379 e. The van der Waals surface area contributed by atoms with Crippen LogP contribution in [0.2, 0.25) is 0 Å². The first kappa shape index (κ1) is 53.7. The lowest BCUT2D eigenvalue weighted by atomic mass is 9.87. The largest absolute Gasteiger partial charge is 0.508 e. The highest BCUT2D eigenvalue weighted by atomic mass is 16.7. The first-order valence-electron chi connectivity index (χ1n) is 22.6. The fourth-order valence-electron chi connectivity index (χ4n) is 8.64. The monoisotopic (exact) mass is 1040 g/mol. The molecule has 0 bridgehead atoms. The van der Waals surface area contributed by atoms with E-state index >= 15 is 0 Å². The van der Waals surface area contributed by atoms with Crippen LogP contribution in [0.3, 0.4) is 0 Å². The van der Waals surface area contributed by atoms with Crippen molar-refractivity contribution in [2.45, 2.75) is 77.3 Å². The lowest BCUT2D eigenvalue weighted by Crippen LogP contribution is -2.70. The average Bonchev–Trinajstić information content (AvgIpc) is 3.34. The molecule has 2 aromatic heterocycles.